The molecule has 0 aromatic heterocycles. The van der Waals surface area contributed by atoms with E-state index in [1.165, 1.54) is 6.21 Å². The van der Waals surface area contributed by atoms with E-state index in [1.54, 1.807) is 30.4 Å². The van der Waals surface area contributed by atoms with Crippen LogP contribution in [0.15, 0.2) is 29.4 Å². The molecule has 1 aromatic rings. The molecule has 0 spiro atoms. The van der Waals surface area contributed by atoms with Gasteiger partial charge in [-0.25, -0.2) is 0 Å². The maximum absolute atomic E-state index is 9.39. The van der Waals surface area contributed by atoms with Gasteiger partial charge >= 0.3 is 0 Å². The van der Waals surface area contributed by atoms with E-state index in [4.69, 9.17) is 4.84 Å². The summed E-state index contributed by atoms with van der Waals surface area (Å²) in [5.74, 6) is 0.772. The zero-order valence-electron chi connectivity index (χ0n) is 6.27. The largest absolute Gasteiger partial charge is 0.507 e. The molecule has 1 heterocycles. The molecule has 0 saturated carbocycles. The number of phenols is 1. The molecule has 1 aromatic carbocycles. The summed E-state index contributed by atoms with van der Waals surface area (Å²) >= 11 is 0. The SMILES string of the molecule is Oc1cccc2c1C=CC=NO2. The Kier molecular flexibility index (Phi) is 1.55. The number of allylic oxidation sites excluding steroid dienone is 1. The Hall–Kier alpha value is -1.77. The average molecular weight is 161 g/mol. The Bertz CT molecular complexity index is 356. The normalized spacial score (nSPS) is 13.3. The molecule has 1 aliphatic heterocycles. The van der Waals surface area contributed by atoms with E-state index < -0.39 is 0 Å². The average Bonchev–Trinajstić information content (AvgIpc) is 2.30. The van der Waals surface area contributed by atoms with Crippen LogP contribution in [-0.2, 0) is 0 Å². The molecule has 60 valence electrons. The van der Waals surface area contributed by atoms with E-state index in [9.17, 15) is 5.11 Å². The van der Waals surface area contributed by atoms with Crippen LogP contribution in [0.4, 0.5) is 0 Å². The van der Waals surface area contributed by atoms with Crippen LogP contribution in [0, 0.1) is 0 Å². The van der Waals surface area contributed by atoms with Gasteiger partial charge in [-0.3, -0.25) is 0 Å². The van der Waals surface area contributed by atoms with Crippen molar-refractivity contribution < 1.29 is 9.94 Å². The predicted molar refractivity (Wildman–Crippen MR) is 46.3 cm³/mol. The summed E-state index contributed by atoms with van der Waals surface area (Å²) in [6.07, 6.45) is 4.99. The van der Waals surface area contributed by atoms with E-state index >= 15 is 0 Å². The second-order valence-electron chi connectivity index (χ2n) is 2.39. The van der Waals surface area contributed by atoms with Gasteiger partial charge in [0.1, 0.15) is 5.75 Å². The van der Waals surface area contributed by atoms with E-state index in [2.05, 4.69) is 5.16 Å². The molecule has 0 unspecified atom stereocenters. The summed E-state index contributed by atoms with van der Waals surface area (Å²) in [5, 5.41) is 13.0. The highest BCUT2D eigenvalue weighted by Crippen LogP contribution is 2.29. The third kappa shape index (κ3) is 1.05. The second-order valence-corrected chi connectivity index (χ2v) is 2.39. The number of hydrogen-bond acceptors (Lipinski definition) is 3. The Morgan fingerprint density at radius 3 is 3.17 bits per heavy atom. The number of nitrogens with zero attached hydrogens (tertiary/aromatic N) is 1. The van der Waals surface area contributed by atoms with Gasteiger partial charge in [0, 0.05) is 0 Å². The van der Waals surface area contributed by atoms with Crippen LogP contribution in [0.5, 0.6) is 11.5 Å². The number of oxime groups is 1. The van der Waals surface area contributed by atoms with Gasteiger partial charge in [-0.2, -0.15) is 0 Å². The summed E-state index contributed by atoms with van der Waals surface area (Å²) in [6, 6.07) is 5.07. The van der Waals surface area contributed by atoms with Crippen LogP contribution in [0.3, 0.4) is 0 Å². The monoisotopic (exact) mass is 161 g/mol. The predicted octanol–water partition coefficient (Wildman–Crippen LogP) is 1.78. The fraction of sp³-hybridized carbons (Fsp3) is 0. The molecule has 0 radical (unpaired) electrons. The molecule has 2 rings (SSSR count). The molecule has 3 nitrogen and oxygen atoms in total. The number of hydrogen-bond donors (Lipinski definition) is 1. The lowest BCUT2D eigenvalue weighted by atomic mass is 10.1. The molecule has 0 fully saturated rings. The van der Waals surface area contributed by atoms with E-state index in [-0.39, 0.29) is 5.75 Å². The highest BCUT2D eigenvalue weighted by atomic mass is 16.6. The van der Waals surface area contributed by atoms with Crippen LogP contribution >= 0.6 is 0 Å². The molecule has 0 aliphatic carbocycles. The number of fused-ring (bicyclic) bond motifs is 1. The first-order chi connectivity index (χ1) is 5.88. The molecule has 1 N–H and O–H groups in total. The fourth-order valence-corrected chi connectivity index (χ4v) is 1.04. The number of aromatic hydroxyl groups is 1. The summed E-state index contributed by atoms with van der Waals surface area (Å²) in [4.78, 5) is 4.98. The first kappa shape index (κ1) is 6.91. The minimum Gasteiger partial charge on any atom is -0.507 e. The minimum atomic E-state index is 0.203. The van der Waals surface area contributed by atoms with Gasteiger partial charge in [0.2, 0.25) is 0 Å². The van der Waals surface area contributed by atoms with Crippen molar-refractivity contribution >= 4 is 12.3 Å². The Labute approximate surface area is 69.6 Å². The Morgan fingerprint density at radius 2 is 2.25 bits per heavy atom. The molecule has 1 aliphatic rings. The molecular weight excluding hydrogens is 154 g/mol. The van der Waals surface area contributed by atoms with Gasteiger partial charge in [-0.1, -0.05) is 11.2 Å². The van der Waals surface area contributed by atoms with Crippen LogP contribution < -0.4 is 4.84 Å². The Morgan fingerprint density at radius 1 is 1.33 bits per heavy atom. The van der Waals surface area contributed by atoms with Crippen molar-refractivity contribution in [1.82, 2.24) is 0 Å². The van der Waals surface area contributed by atoms with Crippen molar-refractivity contribution in [3.05, 3.63) is 29.8 Å². The van der Waals surface area contributed by atoms with Crippen molar-refractivity contribution in [1.29, 1.82) is 0 Å². The maximum atomic E-state index is 9.39. The van der Waals surface area contributed by atoms with Crippen LogP contribution in [0.25, 0.3) is 6.08 Å². The number of rotatable bonds is 0. The van der Waals surface area contributed by atoms with Crippen molar-refractivity contribution in [3.8, 4) is 11.5 Å². The van der Waals surface area contributed by atoms with Gasteiger partial charge in [0.05, 0.1) is 11.8 Å². The summed E-state index contributed by atoms with van der Waals surface area (Å²) in [7, 11) is 0. The molecule has 0 amide bonds. The maximum Gasteiger partial charge on any atom is 0.168 e. The highest BCUT2D eigenvalue weighted by Gasteiger charge is 2.06. The molecule has 12 heavy (non-hydrogen) atoms. The van der Waals surface area contributed by atoms with Crippen molar-refractivity contribution in [2.75, 3.05) is 0 Å². The van der Waals surface area contributed by atoms with Gasteiger partial charge in [-0.15, -0.1) is 0 Å². The fourth-order valence-electron chi connectivity index (χ4n) is 1.04. The van der Waals surface area contributed by atoms with Crippen LogP contribution in [0.1, 0.15) is 5.56 Å². The lowest BCUT2D eigenvalue weighted by Gasteiger charge is -2.02. The van der Waals surface area contributed by atoms with E-state index in [1.807, 2.05) is 0 Å². The quantitative estimate of drug-likeness (QED) is 0.630. The summed E-state index contributed by atoms with van der Waals surface area (Å²) in [6.45, 7) is 0. The lowest BCUT2D eigenvalue weighted by Crippen LogP contribution is -1.84. The van der Waals surface area contributed by atoms with Crippen molar-refractivity contribution in [2.24, 2.45) is 5.16 Å². The lowest BCUT2D eigenvalue weighted by molar-refractivity contribution is 0.341. The molecular formula is C9H7NO2. The third-order valence-corrected chi connectivity index (χ3v) is 1.60. The summed E-state index contributed by atoms with van der Waals surface area (Å²) in [5.41, 5.74) is 0.662. The van der Waals surface area contributed by atoms with Crippen molar-refractivity contribution in [3.63, 3.8) is 0 Å². The van der Waals surface area contributed by atoms with Gasteiger partial charge in [0.15, 0.2) is 5.75 Å². The van der Waals surface area contributed by atoms with E-state index in [0.29, 0.717) is 11.3 Å². The van der Waals surface area contributed by atoms with E-state index in [0.717, 1.165) is 0 Å². The first-order valence-electron chi connectivity index (χ1n) is 3.57. The van der Waals surface area contributed by atoms with Gasteiger partial charge < -0.3 is 9.94 Å². The second kappa shape index (κ2) is 2.70. The number of phenolic OH excluding ortho intramolecular Hbond substituents is 1. The minimum absolute atomic E-state index is 0.203. The van der Waals surface area contributed by atoms with Gasteiger partial charge in [0.25, 0.3) is 0 Å². The smallest absolute Gasteiger partial charge is 0.168 e. The zero-order chi connectivity index (χ0) is 8.39. The van der Waals surface area contributed by atoms with Crippen molar-refractivity contribution in [2.45, 2.75) is 0 Å². The molecule has 3 heteroatoms. The topological polar surface area (TPSA) is 41.8 Å². The molecule has 0 bridgehead atoms. The van der Waals surface area contributed by atoms with Crippen LogP contribution in [-0.4, -0.2) is 11.3 Å². The highest BCUT2D eigenvalue weighted by molar-refractivity contribution is 5.81. The zero-order valence-corrected chi connectivity index (χ0v) is 6.27. The first-order valence-corrected chi connectivity index (χ1v) is 3.57. The molecule has 0 atom stereocenters. The summed E-state index contributed by atoms with van der Waals surface area (Å²) < 4.78 is 0. The number of benzene rings is 1. The Balaban J connectivity index is 2.59. The molecule has 0 saturated heterocycles. The third-order valence-electron chi connectivity index (χ3n) is 1.60. The van der Waals surface area contributed by atoms with Crippen LogP contribution in [0.2, 0.25) is 0 Å². The standard InChI is InChI=1S/C9H7NO2/c11-8-4-1-5-9-7(8)3-2-6-10-12-9/h1-6,11H. The van der Waals surface area contributed by atoms with Gasteiger partial charge in [-0.05, 0) is 24.3 Å².